The maximum atomic E-state index is 14.0. The molecule has 1 unspecified atom stereocenters. The van der Waals surface area contributed by atoms with E-state index in [0.29, 0.717) is 23.8 Å². The maximum absolute atomic E-state index is 14.0. The Hall–Kier alpha value is -2.74. The lowest BCUT2D eigenvalue weighted by Crippen LogP contribution is -2.52. The molecule has 0 radical (unpaired) electrons. The first-order valence-electron chi connectivity index (χ1n) is 14.1. The second kappa shape index (κ2) is 10.2. The van der Waals surface area contributed by atoms with E-state index in [4.69, 9.17) is 4.84 Å². The summed E-state index contributed by atoms with van der Waals surface area (Å²) in [6, 6.07) is 9.63. The van der Waals surface area contributed by atoms with Gasteiger partial charge in [-0.05, 0) is 68.9 Å². The topological polar surface area (TPSA) is 97.0 Å². The van der Waals surface area contributed by atoms with Crippen molar-refractivity contribution in [3.05, 3.63) is 40.3 Å². The smallest absolute Gasteiger partial charge is 0.303 e. The number of piperidine rings is 1. The van der Waals surface area contributed by atoms with Gasteiger partial charge in [0, 0.05) is 30.6 Å². The number of fused-ring (bicyclic) bond motifs is 5. The van der Waals surface area contributed by atoms with Crippen LogP contribution < -0.4 is 5.56 Å². The average molecular weight is 507 g/mol. The van der Waals surface area contributed by atoms with E-state index in [1.54, 1.807) is 0 Å². The van der Waals surface area contributed by atoms with E-state index < -0.39 is 5.97 Å². The van der Waals surface area contributed by atoms with Crippen LogP contribution in [0.5, 0.6) is 0 Å². The number of rotatable bonds is 7. The van der Waals surface area contributed by atoms with Crippen LogP contribution in [0.2, 0.25) is 0 Å². The molecule has 8 nitrogen and oxygen atoms in total. The van der Waals surface area contributed by atoms with E-state index in [2.05, 4.69) is 15.0 Å². The summed E-state index contributed by atoms with van der Waals surface area (Å²) in [6.45, 7) is 0. The van der Waals surface area contributed by atoms with Crippen molar-refractivity contribution in [1.29, 1.82) is 0 Å². The van der Waals surface area contributed by atoms with Crippen LogP contribution in [-0.4, -0.2) is 56.5 Å². The van der Waals surface area contributed by atoms with Gasteiger partial charge in [-0.2, -0.15) is 0 Å². The lowest BCUT2D eigenvalue weighted by molar-refractivity contribution is -0.136. The Labute approximate surface area is 217 Å². The van der Waals surface area contributed by atoms with Gasteiger partial charge >= 0.3 is 5.97 Å². The summed E-state index contributed by atoms with van der Waals surface area (Å²) in [7, 11) is 1.41. The molecule has 1 aromatic heterocycles. The molecular formula is C29H38N4O4. The third kappa shape index (κ3) is 4.69. The summed E-state index contributed by atoms with van der Waals surface area (Å²) >= 11 is 0. The standard InChI is InChI=1S/C29H38N4O4/c1-37-31-25(11-12-27(34)35)28-29(36)33(26-8-3-2-7-24(26)30-28)23-16-20-9-10-21(17-23)32(20)22-14-18-5-4-6-19(13-18)15-22/h2-3,7-8,18-23H,4-6,9-17H2,1H3,(H,34,35)/b31-25+/t18-,19+,20-,21+,22?,23+. The van der Waals surface area contributed by atoms with Gasteiger partial charge in [0.15, 0.2) is 5.69 Å². The van der Waals surface area contributed by atoms with E-state index in [9.17, 15) is 14.7 Å². The Kier molecular flexibility index (Phi) is 6.78. The highest BCUT2D eigenvalue weighted by atomic mass is 16.6. The predicted molar refractivity (Wildman–Crippen MR) is 142 cm³/mol. The van der Waals surface area contributed by atoms with Gasteiger partial charge in [-0.25, -0.2) is 4.98 Å². The van der Waals surface area contributed by atoms with Crippen LogP contribution in [0.1, 0.15) is 88.8 Å². The fourth-order valence-electron chi connectivity index (χ4n) is 8.18. The highest BCUT2D eigenvalue weighted by Crippen LogP contribution is 2.48. The summed E-state index contributed by atoms with van der Waals surface area (Å²) in [5, 5.41) is 13.3. The minimum atomic E-state index is -0.944. The summed E-state index contributed by atoms with van der Waals surface area (Å²) in [4.78, 5) is 37.8. The number of aliphatic carboxylic acids is 1. The summed E-state index contributed by atoms with van der Waals surface area (Å²) in [5.74, 6) is 0.877. The van der Waals surface area contributed by atoms with Gasteiger partial charge in [0.25, 0.3) is 5.56 Å². The fourth-order valence-corrected chi connectivity index (χ4v) is 8.18. The van der Waals surface area contributed by atoms with E-state index in [0.717, 1.165) is 35.7 Å². The molecule has 6 atom stereocenters. The highest BCUT2D eigenvalue weighted by molar-refractivity contribution is 6.00. The maximum Gasteiger partial charge on any atom is 0.303 e. The Morgan fingerprint density at radius 3 is 2.35 bits per heavy atom. The molecule has 2 aliphatic heterocycles. The number of nitrogens with zero attached hydrogens (tertiary/aromatic N) is 4. The zero-order valence-electron chi connectivity index (χ0n) is 21.7. The van der Waals surface area contributed by atoms with Crippen LogP contribution in [0.4, 0.5) is 0 Å². The number of oxime groups is 1. The molecule has 37 heavy (non-hydrogen) atoms. The van der Waals surface area contributed by atoms with Gasteiger partial charge in [-0.3, -0.25) is 14.5 Å². The first-order chi connectivity index (χ1) is 18.0. The normalized spacial score (nSPS) is 32.0. The number of benzene rings is 1. The number of carboxylic acids is 1. The van der Waals surface area contributed by atoms with Gasteiger partial charge in [0.2, 0.25) is 0 Å². The zero-order valence-corrected chi connectivity index (χ0v) is 21.7. The van der Waals surface area contributed by atoms with Crippen molar-refractivity contribution < 1.29 is 14.7 Å². The van der Waals surface area contributed by atoms with Crippen molar-refractivity contribution in [3.8, 4) is 0 Å². The van der Waals surface area contributed by atoms with Gasteiger partial charge in [-0.1, -0.05) is 36.6 Å². The molecule has 8 heteroatoms. The molecule has 3 heterocycles. The molecule has 6 rings (SSSR count). The molecule has 2 aromatic rings. The number of aromatic nitrogens is 2. The molecule has 198 valence electrons. The second-order valence-electron chi connectivity index (χ2n) is 11.7. The largest absolute Gasteiger partial charge is 0.481 e. The van der Waals surface area contributed by atoms with E-state index in [-0.39, 0.29) is 30.1 Å². The van der Waals surface area contributed by atoms with Crippen LogP contribution in [0, 0.1) is 11.8 Å². The second-order valence-corrected chi connectivity index (χ2v) is 11.7. The number of para-hydroxylation sites is 2. The van der Waals surface area contributed by atoms with Gasteiger partial charge in [-0.15, -0.1) is 0 Å². The average Bonchev–Trinajstić information content (AvgIpc) is 3.15. The Morgan fingerprint density at radius 1 is 0.973 bits per heavy atom. The minimum absolute atomic E-state index is 0.0947. The molecule has 4 aliphatic rings. The van der Waals surface area contributed by atoms with E-state index in [1.165, 1.54) is 58.5 Å². The molecule has 2 saturated carbocycles. The molecular weight excluding hydrogens is 468 g/mol. The zero-order chi connectivity index (χ0) is 25.5. The first-order valence-corrected chi connectivity index (χ1v) is 14.1. The first kappa shape index (κ1) is 24.6. The Bertz CT molecular complexity index is 1230. The van der Waals surface area contributed by atoms with Crippen molar-refractivity contribution in [2.75, 3.05) is 7.11 Å². The molecule has 2 saturated heterocycles. The monoisotopic (exact) mass is 506 g/mol. The molecule has 0 spiro atoms. The van der Waals surface area contributed by atoms with Crippen molar-refractivity contribution in [3.63, 3.8) is 0 Å². The Balaban J connectivity index is 1.33. The van der Waals surface area contributed by atoms with Crippen molar-refractivity contribution in [2.45, 2.75) is 101 Å². The third-order valence-electron chi connectivity index (χ3n) is 9.50. The molecule has 1 aromatic carbocycles. The van der Waals surface area contributed by atoms with E-state index >= 15 is 0 Å². The molecule has 4 fully saturated rings. The lowest BCUT2D eigenvalue weighted by atomic mass is 9.69. The van der Waals surface area contributed by atoms with Crippen LogP contribution in [0.25, 0.3) is 11.0 Å². The van der Waals surface area contributed by atoms with Gasteiger partial charge in [0.05, 0.1) is 17.5 Å². The molecule has 2 aliphatic carbocycles. The van der Waals surface area contributed by atoms with Crippen molar-refractivity contribution in [1.82, 2.24) is 14.5 Å². The SMILES string of the molecule is CO/N=C(\CCC(=O)O)c1nc2ccccc2n([C@H]2C[C@H]3CC[C@@H](C2)N3C2C[C@H]3CCC[C@@H](C2)C3)c1=O. The van der Waals surface area contributed by atoms with Crippen LogP contribution >= 0.6 is 0 Å². The summed E-state index contributed by atoms with van der Waals surface area (Å²) in [6.07, 6.45) is 12.7. The molecule has 0 amide bonds. The highest BCUT2D eigenvalue weighted by Gasteiger charge is 2.47. The van der Waals surface area contributed by atoms with Crippen molar-refractivity contribution in [2.24, 2.45) is 17.0 Å². The number of hydrogen-bond acceptors (Lipinski definition) is 6. The summed E-state index contributed by atoms with van der Waals surface area (Å²) < 4.78 is 1.95. The quantitative estimate of drug-likeness (QED) is 0.430. The van der Waals surface area contributed by atoms with E-state index in [1.807, 2.05) is 28.8 Å². The van der Waals surface area contributed by atoms with Crippen molar-refractivity contribution >= 4 is 22.7 Å². The lowest BCUT2D eigenvalue weighted by Gasteiger charge is -2.49. The van der Waals surface area contributed by atoms with Crippen LogP contribution in [0.15, 0.2) is 34.2 Å². The Morgan fingerprint density at radius 2 is 1.68 bits per heavy atom. The molecule has 1 N–H and O–H groups in total. The number of hydrogen-bond donors (Lipinski definition) is 1. The van der Waals surface area contributed by atoms with Gasteiger partial charge < -0.3 is 14.5 Å². The number of carboxylic acid groups (broad SMARTS) is 1. The summed E-state index contributed by atoms with van der Waals surface area (Å²) in [5.41, 5.74) is 1.88. The fraction of sp³-hybridized carbons (Fsp3) is 0.655. The number of carbonyl (C=O) groups is 1. The minimum Gasteiger partial charge on any atom is -0.481 e. The predicted octanol–water partition coefficient (Wildman–Crippen LogP) is 4.75. The van der Waals surface area contributed by atoms with Crippen LogP contribution in [-0.2, 0) is 9.63 Å². The van der Waals surface area contributed by atoms with Crippen LogP contribution in [0.3, 0.4) is 0 Å². The molecule has 4 bridgehead atoms. The third-order valence-corrected chi connectivity index (χ3v) is 9.50. The van der Waals surface area contributed by atoms with Gasteiger partial charge in [0.1, 0.15) is 12.8 Å².